The molecule has 0 aliphatic carbocycles. The second-order valence-corrected chi connectivity index (χ2v) is 6.68. The van der Waals surface area contributed by atoms with Gasteiger partial charge in [-0.05, 0) is 60.4 Å². The number of ether oxygens (including phenoxy) is 1. The second kappa shape index (κ2) is 8.17. The summed E-state index contributed by atoms with van der Waals surface area (Å²) in [5, 5.41) is 0. The van der Waals surface area contributed by atoms with E-state index in [1.807, 2.05) is 48.7 Å². The minimum Gasteiger partial charge on any atom is -0.496 e. The van der Waals surface area contributed by atoms with Crippen LogP contribution in [-0.4, -0.2) is 24.4 Å². The fourth-order valence-corrected chi connectivity index (χ4v) is 3.51. The van der Waals surface area contributed by atoms with Gasteiger partial charge in [-0.15, -0.1) is 0 Å². The number of methoxy groups -OCH3 is 1. The summed E-state index contributed by atoms with van der Waals surface area (Å²) in [6.45, 7) is 0.817. The topological polar surface area (TPSA) is 34.5 Å². The number of aromatic nitrogens is 1. The highest BCUT2D eigenvalue weighted by Gasteiger charge is 2.15. The highest BCUT2D eigenvalue weighted by molar-refractivity contribution is 6.15. The number of hydrogen-bond donors (Lipinski definition) is 0. The van der Waals surface area contributed by atoms with Crippen LogP contribution in [0.2, 0.25) is 0 Å². The van der Waals surface area contributed by atoms with Crippen molar-refractivity contribution < 1.29 is 9.13 Å². The molecule has 1 aliphatic heterocycles. The molecule has 3 nitrogen and oxygen atoms in total. The highest BCUT2D eigenvalue weighted by atomic mass is 19.1. The smallest absolute Gasteiger partial charge is 0.131 e. The summed E-state index contributed by atoms with van der Waals surface area (Å²) in [5.74, 6) is 0.387. The Bertz CT molecular complexity index is 1040. The third kappa shape index (κ3) is 3.72. The minimum absolute atomic E-state index is 0.267. The SMILES string of the molecule is COc1ccccc1-c1cc(/C=C2\CCCN=C2c2cccnc2)ccc1F. The molecule has 1 aliphatic rings. The van der Waals surface area contributed by atoms with E-state index >= 15 is 0 Å². The van der Waals surface area contributed by atoms with Crippen LogP contribution in [0.1, 0.15) is 24.0 Å². The average molecular weight is 372 g/mol. The molecule has 0 unspecified atom stereocenters. The minimum atomic E-state index is -0.267. The first-order chi connectivity index (χ1) is 13.8. The van der Waals surface area contributed by atoms with Crippen LogP contribution >= 0.6 is 0 Å². The van der Waals surface area contributed by atoms with Crippen molar-refractivity contribution in [2.75, 3.05) is 13.7 Å². The van der Waals surface area contributed by atoms with Crippen molar-refractivity contribution >= 4 is 11.8 Å². The molecule has 2 aromatic carbocycles. The number of allylic oxidation sites excluding steroid dienone is 1. The van der Waals surface area contributed by atoms with Gasteiger partial charge in [-0.1, -0.05) is 24.3 Å². The predicted molar refractivity (Wildman–Crippen MR) is 111 cm³/mol. The summed E-state index contributed by atoms with van der Waals surface area (Å²) in [6.07, 6.45) is 7.65. The summed E-state index contributed by atoms with van der Waals surface area (Å²) >= 11 is 0. The monoisotopic (exact) mass is 372 g/mol. The lowest BCUT2D eigenvalue weighted by atomic mass is 9.94. The Labute approximate surface area is 164 Å². The average Bonchev–Trinajstić information content (AvgIpc) is 2.76. The van der Waals surface area contributed by atoms with E-state index in [9.17, 15) is 4.39 Å². The largest absolute Gasteiger partial charge is 0.496 e. The molecule has 2 heterocycles. The molecule has 0 saturated carbocycles. The predicted octanol–water partition coefficient (Wildman–Crippen LogP) is 5.56. The van der Waals surface area contributed by atoms with Gasteiger partial charge >= 0.3 is 0 Å². The van der Waals surface area contributed by atoms with Crippen molar-refractivity contribution in [3.05, 3.63) is 89.5 Å². The van der Waals surface area contributed by atoms with E-state index in [-0.39, 0.29) is 5.82 Å². The van der Waals surface area contributed by atoms with E-state index < -0.39 is 0 Å². The number of rotatable bonds is 4. The summed E-state index contributed by atoms with van der Waals surface area (Å²) in [5.41, 5.74) is 5.35. The maximum Gasteiger partial charge on any atom is 0.131 e. The molecule has 1 aromatic heterocycles. The van der Waals surface area contributed by atoms with Crippen LogP contribution < -0.4 is 4.74 Å². The molecule has 0 atom stereocenters. The number of pyridine rings is 1. The molecule has 4 heteroatoms. The van der Waals surface area contributed by atoms with Crippen LogP contribution in [-0.2, 0) is 0 Å². The van der Waals surface area contributed by atoms with E-state index in [1.165, 1.54) is 6.07 Å². The quantitative estimate of drug-likeness (QED) is 0.601. The van der Waals surface area contributed by atoms with Gasteiger partial charge in [0.15, 0.2) is 0 Å². The lowest BCUT2D eigenvalue weighted by Gasteiger charge is -2.16. The van der Waals surface area contributed by atoms with E-state index in [0.717, 1.165) is 47.4 Å². The van der Waals surface area contributed by atoms with Gasteiger partial charge in [-0.25, -0.2) is 4.39 Å². The van der Waals surface area contributed by atoms with Crippen molar-refractivity contribution in [3.8, 4) is 16.9 Å². The van der Waals surface area contributed by atoms with Gasteiger partial charge in [0.25, 0.3) is 0 Å². The molecule has 3 aromatic rings. The lowest BCUT2D eigenvalue weighted by Crippen LogP contribution is -2.11. The van der Waals surface area contributed by atoms with Crippen molar-refractivity contribution in [1.29, 1.82) is 0 Å². The van der Waals surface area contributed by atoms with E-state index in [0.29, 0.717) is 11.3 Å². The van der Waals surface area contributed by atoms with Crippen molar-refractivity contribution in [2.24, 2.45) is 4.99 Å². The molecule has 0 fully saturated rings. The van der Waals surface area contributed by atoms with Crippen LogP contribution in [0.3, 0.4) is 0 Å². The van der Waals surface area contributed by atoms with Crippen LogP contribution in [0.15, 0.2) is 77.6 Å². The van der Waals surface area contributed by atoms with Gasteiger partial charge in [-0.3, -0.25) is 9.98 Å². The number of aliphatic imine (C=N–C) groups is 1. The molecule has 4 rings (SSSR count). The Hall–Kier alpha value is -3.27. The highest BCUT2D eigenvalue weighted by Crippen LogP contribution is 2.33. The third-order valence-electron chi connectivity index (χ3n) is 4.84. The number of nitrogens with zero attached hydrogens (tertiary/aromatic N) is 2. The molecular weight excluding hydrogens is 351 g/mol. The molecule has 0 N–H and O–H groups in total. The third-order valence-corrected chi connectivity index (χ3v) is 4.84. The van der Waals surface area contributed by atoms with Crippen molar-refractivity contribution in [2.45, 2.75) is 12.8 Å². The fourth-order valence-electron chi connectivity index (χ4n) is 3.51. The van der Waals surface area contributed by atoms with Crippen LogP contribution in [0, 0.1) is 5.82 Å². The Balaban J connectivity index is 1.76. The number of para-hydroxylation sites is 1. The van der Waals surface area contributed by atoms with Crippen LogP contribution in [0.25, 0.3) is 17.2 Å². The standard InChI is InChI=1S/C24H21FN2O/c1-28-23-9-3-2-8-20(23)21-15-17(10-11-22(21)25)14-18-6-5-13-27-24(18)19-7-4-12-26-16-19/h2-4,7-12,14-16H,5-6,13H2,1H3/b18-14+. The molecular formula is C24H21FN2O. The Morgan fingerprint density at radius 2 is 1.93 bits per heavy atom. The fraction of sp³-hybridized carbons (Fsp3) is 0.167. The zero-order chi connectivity index (χ0) is 19.3. The second-order valence-electron chi connectivity index (χ2n) is 6.68. The zero-order valence-corrected chi connectivity index (χ0v) is 15.7. The van der Waals surface area contributed by atoms with Gasteiger partial charge in [0.05, 0.1) is 12.8 Å². The zero-order valence-electron chi connectivity index (χ0n) is 15.7. The summed E-state index contributed by atoms with van der Waals surface area (Å²) in [7, 11) is 1.60. The number of halogens is 1. The van der Waals surface area contributed by atoms with Crippen molar-refractivity contribution in [1.82, 2.24) is 4.98 Å². The van der Waals surface area contributed by atoms with Crippen LogP contribution in [0.5, 0.6) is 5.75 Å². The normalized spacial score (nSPS) is 15.4. The Morgan fingerprint density at radius 3 is 2.75 bits per heavy atom. The molecule has 0 spiro atoms. The van der Waals surface area contributed by atoms with E-state index in [2.05, 4.69) is 11.1 Å². The summed E-state index contributed by atoms with van der Waals surface area (Å²) < 4.78 is 20.0. The Kier molecular flexibility index (Phi) is 5.29. The Morgan fingerprint density at radius 1 is 1.04 bits per heavy atom. The van der Waals surface area contributed by atoms with Gasteiger partial charge in [0.2, 0.25) is 0 Å². The molecule has 0 bridgehead atoms. The molecule has 0 saturated heterocycles. The molecule has 0 radical (unpaired) electrons. The molecule has 0 amide bonds. The van der Waals surface area contributed by atoms with Gasteiger partial charge in [-0.2, -0.15) is 0 Å². The maximum atomic E-state index is 14.6. The summed E-state index contributed by atoms with van der Waals surface area (Å²) in [6, 6.07) is 16.6. The lowest BCUT2D eigenvalue weighted by molar-refractivity contribution is 0.416. The van der Waals surface area contributed by atoms with Crippen LogP contribution in [0.4, 0.5) is 4.39 Å². The van der Waals surface area contributed by atoms with Crippen molar-refractivity contribution in [3.63, 3.8) is 0 Å². The molecule has 140 valence electrons. The first kappa shape index (κ1) is 18.1. The molecule has 28 heavy (non-hydrogen) atoms. The van der Waals surface area contributed by atoms with E-state index in [1.54, 1.807) is 19.4 Å². The number of hydrogen-bond acceptors (Lipinski definition) is 3. The number of benzene rings is 2. The van der Waals surface area contributed by atoms with Gasteiger partial charge < -0.3 is 4.74 Å². The maximum absolute atomic E-state index is 14.6. The first-order valence-corrected chi connectivity index (χ1v) is 9.35. The van der Waals surface area contributed by atoms with Gasteiger partial charge in [0, 0.05) is 35.6 Å². The first-order valence-electron chi connectivity index (χ1n) is 9.35. The van der Waals surface area contributed by atoms with Gasteiger partial charge in [0.1, 0.15) is 11.6 Å². The van der Waals surface area contributed by atoms with E-state index in [4.69, 9.17) is 9.73 Å². The summed E-state index contributed by atoms with van der Waals surface area (Å²) in [4.78, 5) is 8.93.